The molecule has 2 aromatic rings. The van der Waals surface area contributed by atoms with Crippen LogP contribution < -0.4 is 4.74 Å². The molecule has 0 saturated heterocycles. The highest BCUT2D eigenvalue weighted by Crippen LogP contribution is 2.20. The third-order valence-electron chi connectivity index (χ3n) is 2.53. The Morgan fingerprint density at radius 3 is 2.95 bits per heavy atom. The fourth-order valence-corrected chi connectivity index (χ4v) is 2.07. The number of rotatable bonds is 4. The maximum atomic E-state index is 11.9. The van der Waals surface area contributed by atoms with Crippen molar-refractivity contribution in [3.05, 3.63) is 57.3 Å². The summed E-state index contributed by atoms with van der Waals surface area (Å²) in [7, 11) is 1.58. The molecule has 0 aliphatic rings. The smallest absolute Gasteiger partial charge is 0.341 e. The molecular formula is C14H11BrClNO3. The summed E-state index contributed by atoms with van der Waals surface area (Å²) in [4.78, 5) is 15.8. The molecule has 2 rings (SSSR count). The fourth-order valence-electron chi connectivity index (χ4n) is 1.55. The predicted molar refractivity (Wildman–Crippen MR) is 79.1 cm³/mol. The van der Waals surface area contributed by atoms with Gasteiger partial charge in [-0.3, -0.25) is 0 Å². The molecule has 0 unspecified atom stereocenters. The first kappa shape index (κ1) is 14.8. The van der Waals surface area contributed by atoms with Gasteiger partial charge < -0.3 is 9.47 Å². The molecule has 6 heteroatoms. The van der Waals surface area contributed by atoms with Crippen molar-refractivity contribution in [1.29, 1.82) is 0 Å². The lowest BCUT2D eigenvalue weighted by Gasteiger charge is -2.07. The van der Waals surface area contributed by atoms with E-state index in [4.69, 9.17) is 21.1 Å². The Kier molecular flexibility index (Phi) is 4.98. The van der Waals surface area contributed by atoms with Crippen molar-refractivity contribution in [2.75, 3.05) is 7.11 Å². The van der Waals surface area contributed by atoms with Crippen LogP contribution in [0.3, 0.4) is 0 Å². The number of halogens is 2. The first-order chi connectivity index (χ1) is 9.60. The van der Waals surface area contributed by atoms with Crippen molar-refractivity contribution in [1.82, 2.24) is 4.98 Å². The number of aromatic nitrogens is 1. The van der Waals surface area contributed by atoms with Crippen molar-refractivity contribution >= 4 is 33.5 Å². The lowest BCUT2D eigenvalue weighted by atomic mass is 10.2. The largest absolute Gasteiger partial charge is 0.497 e. The van der Waals surface area contributed by atoms with Gasteiger partial charge in [0.25, 0.3) is 0 Å². The minimum atomic E-state index is -0.522. The molecule has 20 heavy (non-hydrogen) atoms. The van der Waals surface area contributed by atoms with Crippen LogP contribution in [0.1, 0.15) is 15.9 Å². The summed E-state index contributed by atoms with van der Waals surface area (Å²) in [6.45, 7) is 0.138. The molecule has 4 nitrogen and oxygen atoms in total. The minimum absolute atomic E-state index is 0.115. The van der Waals surface area contributed by atoms with Crippen LogP contribution in [0.25, 0.3) is 0 Å². The Balaban J connectivity index is 2.06. The quantitative estimate of drug-likeness (QED) is 0.616. The van der Waals surface area contributed by atoms with Crippen molar-refractivity contribution in [3.63, 3.8) is 0 Å². The van der Waals surface area contributed by atoms with Gasteiger partial charge >= 0.3 is 5.97 Å². The lowest BCUT2D eigenvalue weighted by molar-refractivity contribution is 0.0472. The van der Waals surface area contributed by atoms with E-state index in [0.717, 1.165) is 5.56 Å². The molecule has 104 valence electrons. The van der Waals surface area contributed by atoms with E-state index in [1.54, 1.807) is 19.2 Å². The summed E-state index contributed by atoms with van der Waals surface area (Å²) in [6.07, 6.45) is 1.52. The number of carbonyl (C=O) groups is 1. The topological polar surface area (TPSA) is 48.4 Å². The lowest BCUT2D eigenvalue weighted by Crippen LogP contribution is -2.07. The number of ether oxygens (including phenoxy) is 2. The Hall–Kier alpha value is -1.59. The number of hydrogen-bond donors (Lipinski definition) is 0. The van der Waals surface area contributed by atoms with Gasteiger partial charge in [0.2, 0.25) is 0 Å². The highest BCUT2D eigenvalue weighted by Gasteiger charge is 2.13. The summed E-state index contributed by atoms with van der Waals surface area (Å²) in [5, 5.41) is 0.115. The number of nitrogens with zero attached hydrogens (tertiary/aromatic N) is 1. The van der Waals surface area contributed by atoms with Crippen LogP contribution in [0, 0.1) is 0 Å². The van der Waals surface area contributed by atoms with Crippen molar-refractivity contribution in [2.24, 2.45) is 0 Å². The maximum Gasteiger partial charge on any atom is 0.341 e. The zero-order chi connectivity index (χ0) is 14.5. The third kappa shape index (κ3) is 3.71. The Morgan fingerprint density at radius 2 is 2.20 bits per heavy atom. The molecule has 0 fully saturated rings. The summed E-state index contributed by atoms with van der Waals surface area (Å²) < 4.78 is 11.0. The molecule has 0 radical (unpaired) electrons. The SMILES string of the molecule is COc1cccc(COC(=O)c2cc(Br)cnc2Cl)c1. The standard InChI is InChI=1S/C14H11BrClNO3/c1-19-11-4-2-3-9(5-11)8-20-14(18)12-6-10(15)7-17-13(12)16/h2-7H,8H2,1H3. The molecule has 1 aromatic carbocycles. The van der Waals surface area contributed by atoms with Gasteiger partial charge in [-0.25, -0.2) is 9.78 Å². The van der Waals surface area contributed by atoms with Crippen molar-refractivity contribution in [3.8, 4) is 5.75 Å². The second-order valence-corrected chi connectivity index (χ2v) is 5.19. The number of benzene rings is 1. The highest BCUT2D eigenvalue weighted by atomic mass is 79.9. The zero-order valence-electron chi connectivity index (χ0n) is 10.6. The molecule has 0 amide bonds. The highest BCUT2D eigenvalue weighted by molar-refractivity contribution is 9.10. The van der Waals surface area contributed by atoms with Crippen LogP contribution in [-0.4, -0.2) is 18.1 Å². The van der Waals surface area contributed by atoms with Crippen LogP contribution in [0.2, 0.25) is 5.15 Å². The van der Waals surface area contributed by atoms with Gasteiger partial charge in [-0.05, 0) is 39.7 Å². The number of methoxy groups -OCH3 is 1. The molecule has 0 bridgehead atoms. The number of hydrogen-bond acceptors (Lipinski definition) is 4. The van der Waals surface area contributed by atoms with Gasteiger partial charge in [-0.15, -0.1) is 0 Å². The van der Waals surface area contributed by atoms with Gasteiger partial charge in [0.1, 0.15) is 17.5 Å². The predicted octanol–water partition coefficient (Wildman–Crippen LogP) is 3.86. The molecule has 0 saturated carbocycles. The molecule has 0 atom stereocenters. The first-order valence-corrected chi connectivity index (χ1v) is 6.88. The number of carbonyl (C=O) groups excluding carboxylic acids is 1. The second kappa shape index (κ2) is 6.72. The van der Waals surface area contributed by atoms with Gasteiger partial charge in [-0.2, -0.15) is 0 Å². The van der Waals surface area contributed by atoms with Gasteiger partial charge in [-0.1, -0.05) is 23.7 Å². The third-order valence-corrected chi connectivity index (χ3v) is 3.26. The van der Waals surface area contributed by atoms with Crippen molar-refractivity contribution in [2.45, 2.75) is 6.61 Å². The second-order valence-electron chi connectivity index (χ2n) is 3.92. The zero-order valence-corrected chi connectivity index (χ0v) is 12.9. The Labute approximate surface area is 129 Å². The van der Waals surface area contributed by atoms with E-state index in [0.29, 0.717) is 10.2 Å². The molecule has 0 aliphatic carbocycles. The van der Waals surface area contributed by atoms with Gasteiger partial charge in [0, 0.05) is 10.7 Å². The van der Waals surface area contributed by atoms with Crippen LogP contribution in [0.15, 0.2) is 41.0 Å². The normalized spacial score (nSPS) is 10.2. The molecular weight excluding hydrogens is 346 g/mol. The van der Waals surface area contributed by atoms with Crippen LogP contribution in [0.4, 0.5) is 0 Å². The average Bonchev–Trinajstić information content (AvgIpc) is 2.47. The first-order valence-electron chi connectivity index (χ1n) is 5.71. The van der Waals surface area contributed by atoms with E-state index >= 15 is 0 Å². The van der Waals surface area contributed by atoms with E-state index < -0.39 is 5.97 Å². The molecule has 0 N–H and O–H groups in total. The molecule has 1 aromatic heterocycles. The van der Waals surface area contributed by atoms with E-state index in [2.05, 4.69) is 20.9 Å². The monoisotopic (exact) mass is 355 g/mol. The summed E-state index contributed by atoms with van der Waals surface area (Å²) in [6, 6.07) is 8.86. The molecule has 0 spiro atoms. The summed E-state index contributed by atoms with van der Waals surface area (Å²) in [5.41, 5.74) is 1.06. The molecule has 0 aliphatic heterocycles. The average molecular weight is 357 g/mol. The van der Waals surface area contributed by atoms with E-state index in [1.807, 2.05) is 18.2 Å². The maximum absolute atomic E-state index is 11.9. The van der Waals surface area contributed by atoms with Crippen LogP contribution >= 0.6 is 27.5 Å². The van der Waals surface area contributed by atoms with E-state index in [9.17, 15) is 4.79 Å². The molecule has 1 heterocycles. The van der Waals surface area contributed by atoms with E-state index in [-0.39, 0.29) is 17.3 Å². The Morgan fingerprint density at radius 1 is 1.40 bits per heavy atom. The summed E-state index contributed by atoms with van der Waals surface area (Å²) in [5.74, 6) is 0.187. The number of pyridine rings is 1. The summed E-state index contributed by atoms with van der Waals surface area (Å²) >= 11 is 9.10. The fraction of sp³-hybridized carbons (Fsp3) is 0.143. The van der Waals surface area contributed by atoms with Crippen LogP contribution in [0.5, 0.6) is 5.75 Å². The van der Waals surface area contributed by atoms with Gasteiger partial charge in [0.05, 0.1) is 12.7 Å². The minimum Gasteiger partial charge on any atom is -0.497 e. The number of esters is 1. The van der Waals surface area contributed by atoms with E-state index in [1.165, 1.54) is 6.20 Å². The van der Waals surface area contributed by atoms with Crippen molar-refractivity contribution < 1.29 is 14.3 Å². The Bertz CT molecular complexity index is 634. The van der Waals surface area contributed by atoms with Crippen LogP contribution in [-0.2, 0) is 11.3 Å². The van der Waals surface area contributed by atoms with Gasteiger partial charge in [0.15, 0.2) is 0 Å².